The van der Waals surface area contributed by atoms with Crippen molar-refractivity contribution < 1.29 is 9.13 Å². The summed E-state index contributed by atoms with van der Waals surface area (Å²) in [5.41, 5.74) is 0. The van der Waals surface area contributed by atoms with E-state index >= 15 is 0 Å². The second-order valence-electron chi connectivity index (χ2n) is 4.77. The summed E-state index contributed by atoms with van der Waals surface area (Å²) in [6, 6.07) is 6.76. The van der Waals surface area contributed by atoms with Gasteiger partial charge in [0.05, 0.1) is 6.54 Å². The Bertz CT molecular complexity index is 443. The van der Waals surface area contributed by atoms with Gasteiger partial charge in [0.15, 0.2) is 17.5 Å². The molecule has 0 spiro atoms. The van der Waals surface area contributed by atoms with Crippen LogP contribution in [0.15, 0.2) is 29.3 Å². The number of para-hydroxylation sites is 1. The summed E-state index contributed by atoms with van der Waals surface area (Å²) >= 11 is 0. The van der Waals surface area contributed by atoms with Crippen LogP contribution in [0.5, 0.6) is 5.75 Å². The van der Waals surface area contributed by atoms with Crippen molar-refractivity contribution in [2.45, 2.75) is 39.3 Å². The standard InChI is InChI=1S/C15H24FN3O.HI/c1-5-11(2)19-15(17-4)18-10-12(3)20-14-9-7-6-8-13(14)16;/h6-9,11-12H,5,10H2,1-4H3,(H2,17,18,19);1H. The molecule has 120 valence electrons. The van der Waals surface area contributed by atoms with Gasteiger partial charge < -0.3 is 15.4 Å². The summed E-state index contributed by atoms with van der Waals surface area (Å²) < 4.78 is 19.0. The van der Waals surface area contributed by atoms with Crippen LogP contribution in [0.2, 0.25) is 0 Å². The van der Waals surface area contributed by atoms with Gasteiger partial charge in [-0.25, -0.2) is 4.39 Å². The van der Waals surface area contributed by atoms with Crippen LogP contribution in [0.3, 0.4) is 0 Å². The monoisotopic (exact) mass is 409 g/mol. The average molecular weight is 409 g/mol. The lowest BCUT2D eigenvalue weighted by atomic mass is 10.3. The quantitative estimate of drug-likeness (QED) is 0.431. The van der Waals surface area contributed by atoms with Crippen LogP contribution in [0, 0.1) is 5.82 Å². The van der Waals surface area contributed by atoms with Gasteiger partial charge in [-0.05, 0) is 32.4 Å². The van der Waals surface area contributed by atoms with Gasteiger partial charge in [0.1, 0.15) is 6.10 Å². The average Bonchev–Trinajstić information content (AvgIpc) is 2.45. The molecule has 1 aromatic rings. The molecule has 6 heteroatoms. The number of nitrogens with one attached hydrogen (secondary N) is 2. The number of rotatable bonds is 6. The minimum atomic E-state index is -0.346. The number of aliphatic imine (C=N–C) groups is 1. The molecule has 0 saturated carbocycles. The number of benzene rings is 1. The third kappa shape index (κ3) is 7.50. The Labute approximate surface area is 143 Å². The smallest absolute Gasteiger partial charge is 0.191 e. The first-order valence-electron chi connectivity index (χ1n) is 6.95. The van der Waals surface area contributed by atoms with Crippen LogP contribution in [0.25, 0.3) is 0 Å². The van der Waals surface area contributed by atoms with Crippen LogP contribution >= 0.6 is 24.0 Å². The van der Waals surface area contributed by atoms with E-state index in [2.05, 4.69) is 29.5 Å². The van der Waals surface area contributed by atoms with Crippen molar-refractivity contribution >= 4 is 29.9 Å². The largest absolute Gasteiger partial charge is 0.486 e. The number of hydrogen-bond donors (Lipinski definition) is 2. The molecular formula is C15H25FIN3O. The number of ether oxygens (including phenoxy) is 1. The zero-order chi connectivity index (χ0) is 15.0. The van der Waals surface area contributed by atoms with E-state index in [4.69, 9.17) is 4.74 Å². The zero-order valence-electron chi connectivity index (χ0n) is 13.0. The maximum absolute atomic E-state index is 13.5. The predicted octanol–water partition coefficient (Wildman–Crippen LogP) is 3.17. The molecule has 2 N–H and O–H groups in total. The molecule has 4 nitrogen and oxygen atoms in total. The van der Waals surface area contributed by atoms with Crippen LogP contribution in [-0.2, 0) is 0 Å². The fourth-order valence-corrected chi connectivity index (χ4v) is 1.57. The first-order valence-corrected chi connectivity index (χ1v) is 6.95. The van der Waals surface area contributed by atoms with Gasteiger partial charge >= 0.3 is 0 Å². The highest BCUT2D eigenvalue weighted by molar-refractivity contribution is 14.0. The van der Waals surface area contributed by atoms with E-state index in [1.54, 1.807) is 25.2 Å². The minimum Gasteiger partial charge on any atom is -0.486 e. The van der Waals surface area contributed by atoms with Gasteiger partial charge in [-0.15, -0.1) is 24.0 Å². The van der Waals surface area contributed by atoms with Crippen molar-refractivity contribution in [2.75, 3.05) is 13.6 Å². The third-order valence-electron chi connectivity index (χ3n) is 2.94. The molecule has 0 aliphatic carbocycles. The topological polar surface area (TPSA) is 45.7 Å². The van der Waals surface area contributed by atoms with E-state index in [0.29, 0.717) is 12.6 Å². The highest BCUT2D eigenvalue weighted by atomic mass is 127. The van der Waals surface area contributed by atoms with Crippen molar-refractivity contribution in [3.8, 4) is 5.75 Å². The van der Waals surface area contributed by atoms with Crippen LogP contribution in [-0.4, -0.2) is 31.7 Å². The second kappa shape index (κ2) is 10.6. The van der Waals surface area contributed by atoms with Crippen molar-refractivity contribution in [1.29, 1.82) is 0 Å². The summed E-state index contributed by atoms with van der Waals surface area (Å²) in [5, 5.41) is 6.42. The summed E-state index contributed by atoms with van der Waals surface area (Å²) in [6.07, 6.45) is 0.851. The van der Waals surface area contributed by atoms with E-state index in [1.807, 2.05) is 6.92 Å². The Morgan fingerprint density at radius 3 is 2.57 bits per heavy atom. The van der Waals surface area contributed by atoms with Crippen molar-refractivity contribution in [3.63, 3.8) is 0 Å². The third-order valence-corrected chi connectivity index (χ3v) is 2.94. The predicted molar refractivity (Wildman–Crippen MR) is 96.2 cm³/mol. The van der Waals surface area contributed by atoms with Gasteiger partial charge in [0, 0.05) is 13.1 Å². The fourth-order valence-electron chi connectivity index (χ4n) is 1.57. The Hall–Kier alpha value is -1.05. The Kier molecular flexibility index (Phi) is 10.1. The molecule has 0 aliphatic heterocycles. The molecule has 21 heavy (non-hydrogen) atoms. The molecule has 2 unspecified atom stereocenters. The number of hydrogen-bond acceptors (Lipinski definition) is 2. The zero-order valence-corrected chi connectivity index (χ0v) is 15.4. The molecule has 1 aromatic carbocycles. The lowest BCUT2D eigenvalue weighted by Crippen LogP contribution is -2.45. The summed E-state index contributed by atoms with van der Waals surface area (Å²) in [4.78, 5) is 4.14. The summed E-state index contributed by atoms with van der Waals surface area (Å²) in [5.74, 6) is 0.650. The molecule has 0 radical (unpaired) electrons. The summed E-state index contributed by atoms with van der Waals surface area (Å²) in [6.45, 7) is 6.63. The second-order valence-corrected chi connectivity index (χ2v) is 4.77. The molecule has 0 aliphatic rings. The molecule has 2 atom stereocenters. The molecule has 0 bridgehead atoms. The molecule has 0 heterocycles. The lowest BCUT2D eigenvalue weighted by molar-refractivity contribution is 0.214. The molecule has 0 amide bonds. The Balaban J connectivity index is 0.00000400. The molecule has 0 saturated heterocycles. The number of halogens is 2. The first kappa shape index (κ1) is 19.9. The van der Waals surface area contributed by atoms with Crippen LogP contribution < -0.4 is 15.4 Å². The minimum absolute atomic E-state index is 0. The Morgan fingerprint density at radius 1 is 1.33 bits per heavy atom. The highest BCUT2D eigenvalue weighted by Crippen LogP contribution is 2.16. The number of guanidine groups is 1. The first-order chi connectivity index (χ1) is 9.56. The maximum Gasteiger partial charge on any atom is 0.191 e. The highest BCUT2D eigenvalue weighted by Gasteiger charge is 2.09. The van der Waals surface area contributed by atoms with Crippen molar-refractivity contribution in [1.82, 2.24) is 10.6 Å². The fraction of sp³-hybridized carbons (Fsp3) is 0.533. The van der Waals surface area contributed by atoms with Gasteiger partial charge in [-0.2, -0.15) is 0 Å². The van der Waals surface area contributed by atoms with Gasteiger partial charge in [0.25, 0.3) is 0 Å². The molecule has 0 aromatic heterocycles. The molecular weight excluding hydrogens is 384 g/mol. The van der Waals surface area contributed by atoms with Crippen LogP contribution in [0.1, 0.15) is 27.2 Å². The lowest BCUT2D eigenvalue weighted by Gasteiger charge is -2.20. The maximum atomic E-state index is 13.5. The van der Waals surface area contributed by atoms with Crippen molar-refractivity contribution in [3.05, 3.63) is 30.1 Å². The number of nitrogens with zero attached hydrogens (tertiary/aromatic N) is 1. The van der Waals surface area contributed by atoms with Crippen molar-refractivity contribution in [2.24, 2.45) is 4.99 Å². The normalized spacial score (nSPS) is 13.9. The van der Waals surface area contributed by atoms with E-state index in [1.165, 1.54) is 6.07 Å². The van der Waals surface area contributed by atoms with Crippen LogP contribution in [0.4, 0.5) is 4.39 Å². The van der Waals surface area contributed by atoms with Gasteiger partial charge in [-0.3, -0.25) is 4.99 Å². The molecule has 1 rings (SSSR count). The van der Waals surface area contributed by atoms with Gasteiger partial charge in [0.2, 0.25) is 0 Å². The van der Waals surface area contributed by atoms with E-state index < -0.39 is 0 Å². The molecule has 0 fully saturated rings. The SMILES string of the molecule is CCC(C)NC(=NC)NCC(C)Oc1ccccc1F.I. The van der Waals surface area contributed by atoms with E-state index in [0.717, 1.165) is 12.4 Å². The summed E-state index contributed by atoms with van der Waals surface area (Å²) in [7, 11) is 1.72. The Morgan fingerprint density at radius 2 is 2.00 bits per heavy atom. The van der Waals surface area contributed by atoms with E-state index in [9.17, 15) is 4.39 Å². The van der Waals surface area contributed by atoms with E-state index in [-0.39, 0.29) is 41.6 Å². The van der Waals surface area contributed by atoms with Gasteiger partial charge in [-0.1, -0.05) is 19.1 Å².